The normalized spacial score (nSPS) is 18.0. The maximum atomic E-state index is 13.7. The first-order valence-electron chi connectivity index (χ1n) is 7.80. The van der Waals surface area contributed by atoms with Crippen molar-refractivity contribution in [2.45, 2.75) is 6.92 Å². The van der Waals surface area contributed by atoms with Crippen LogP contribution in [0.25, 0.3) is 11.1 Å². The van der Waals surface area contributed by atoms with Crippen LogP contribution >= 0.6 is 19.0 Å². The van der Waals surface area contributed by atoms with Gasteiger partial charge in [-0.3, -0.25) is 9.36 Å². The highest BCUT2D eigenvalue weighted by molar-refractivity contribution is 7.84. The Balaban J connectivity index is 1.91. The molecule has 1 unspecified atom stereocenters. The summed E-state index contributed by atoms with van der Waals surface area (Å²) in [5, 5.41) is 0.967. The van der Waals surface area contributed by atoms with E-state index >= 15 is 0 Å². The minimum Gasteiger partial charge on any atom is -0.434 e. The van der Waals surface area contributed by atoms with Crippen molar-refractivity contribution in [3.8, 4) is 16.9 Å². The molecular formula is C20H14ClO3P. The third-order valence-corrected chi connectivity index (χ3v) is 6.75. The van der Waals surface area contributed by atoms with E-state index in [4.69, 9.17) is 16.1 Å². The van der Waals surface area contributed by atoms with Crippen LogP contribution in [0.2, 0.25) is 5.02 Å². The van der Waals surface area contributed by atoms with Crippen molar-refractivity contribution in [3.63, 3.8) is 0 Å². The Bertz CT molecular complexity index is 1040. The quantitative estimate of drug-likeness (QED) is 0.565. The van der Waals surface area contributed by atoms with Crippen LogP contribution in [0.5, 0.6) is 5.75 Å². The largest absolute Gasteiger partial charge is 0.434 e. The molecular weight excluding hydrogens is 355 g/mol. The van der Waals surface area contributed by atoms with E-state index < -0.39 is 12.9 Å². The molecule has 4 rings (SSSR count). The topological polar surface area (TPSA) is 43.4 Å². The molecule has 0 radical (unpaired) electrons. The molecule has 3 aromatic carbocycles. The van der Waals surface area contributed by atoms with Gasteiger partial charge in [0.15, 0.2) is 0 Å². The highest BCUT2D eigenvalue weighted by Crippen LogP contribution is 2.56. The first kappa shape index (κ1) is 16.1. The zero-order valence-corrected chi connectivity index (χ0v) is 15.1. The van der Waals surface area contributed by atoms with Crippen molar-refractivity contribution in [2.75, 3.05) is 0 Å². The van der Waals surface area contributed by atoms with Crippen molar-refractivity contribution in [3.05, 3.63) is 82.9 Å². The third kappa shape index (κ3) is 2.60. The SMILES string of the molecule is Cc1ccc(C(=O)P2(=O)Oc3ccc(Cl)cc3-c3ccccc32)cc1. The Morgan fingerprint density at radius 1 is 0.960 bits per heavy atom. The molecule has 0 saturated heterocycles. The Morgan fingerprint density at radius 2 is 1.68 bits per heavy atom. The van der Waals surface area contributed by atoms with Crippen LogP contribution < -0.4 is 9.83 Å². The number of carbonyl (C=O) groups excluding carboxylic acids is 1. The summed E-state index contributed by atoms with van der Waals surface area (Å²) in [6, 6.07) is 19.2. The molecule has 3 nitrogen and oxygen atoms in total. The van der Waals surface area contributed by atoms with Gasteiger partial charge in [-0.2, -0.15) is 0 Å². The second kappa shape index (κ2) is 5.87. The summed E-state index contributed by atoms with van der Waals surface area (Å²) in [5.74, 6) is 0.409. The molecule has 124 valence electrons. The first-order valence-corrected chi connectivity index (χ1v) is 9.80. The van der Waals surface area contributed by atoms with E-state index in [-0.39, 0.29) is 0 Å². The second-order valence-corrected chi connectivity index (χ2v) is 8.58. The second-order valence-electron chi connectivity index (χ2n) is 5.97. The molecule has 5 heteroatoms. The highest BCUT2D eigenvalue weighted by Gasteiger charge is 2.43. The molecule has 1 heterocycles. The average Bonchev–Trinajstić information content (AvgIpc) is 2.63. The number of hydrogen-bond donors (Lipinski definition) is 0. The lowest BCUT2D eigenvalue weighted by Crippen LogP contribution is -2.23. The lowest BCUT2D eigenvalue weighted by molar-refractivity contribution is 0.106. The number of aryl methyl sites for hydroxylation is 1. The average molecular weight is 369 g/mol. The molecule has 0 aliphatic carbocycles. The van der Waals surface area contributed by atoms with E-state index in [1.807, 2.05) is 31.2 Å². The van der Waals surface area contributed by atoms with Gasteiger partial charge in [0.05, 0.1) is 5.30 Å². The molecule has 1 aliphatic heterocycles. The van der Waals surface area contributed by atoms with Crippen LogP contribution in [-0.4, -0.2) is 5.52 Å². The van der Waals surface area contributed by atoms with Crippen LogP contribution in [0, 0.1) is 6.92 Å². The summed E-state index contributed by atoms with van der Waals surface area (Å²) >= 11 is 6.10. The summed E-state index contributed by atoms with van der Waals surface area (Å²) in [6.45, 7) is 1.93. The molecule has 0 N–H and O–H groups in total. The van der Waals surface area contributed by atoms with Gasteiger partial charge < -0.3 is 4.52 Å². The fraction of sp³-hybridized carbons (Fsp3) is 0.0500. The zero-order valence-electron chi connectivity index (χ0n) is 13.4. The Hall–Kier alpha value is -2.35. The molecule has 0 bridgehead atoms. The summed E-state index contributed by atoms with van der Waals surface area (Å²) in [5.41, 5.74) is 2.36. The number of rotatable bonds is 2. The van der Waals surface area contributed by atoms with Gasteiger partial charge in [-0.05, 0) is 36.8 Å². The number of benzene rings is 3. The number of hydrogen-bond acceptors (Lipinski definition) is 3. The summed E-state index contributed by atoms with van der Waals surface area (Å²) in [4.78, 5) is 13.1. The molecule has 1 aliphatic rings. The Labute approximate surface area is 150 Å². The maximum absolute atomic E-state index is 13.7. The van der Waals surface area contributed by atoms with Gasteiger partial charge in [0, 0.05) is 16.1 Å². The van der Waals surface area contributed by atoms with Gasteiger partial charge in [0.2, 0.25) is 0 Å². The van der Waals surface area contributed by atoms with Crippen molar-refractivity contribution >= 4 is 29.8 Å². The highest BCUT2D eigenvalue weighted by atomic mass is 35.5. The summed E-state index contributed by atoms with van der Waals surface area (Å²) in [7, 11) is -3.76. The van der Waals surface area contributed by atoms with Crippen LogP contribution in [0.1, 0.15) is 15.9 Å². The minimum absolute atomic E-state index is 0.376. The molecule has 0 aromatic heterocycles. The van der Waals surface area contributed by atoms with Crippen molar-refractivity contribution in [1.29, 1.82) is 0 Å². The van der Waals surface area contributed by atoms with Gasteiger partial charge in [0.1, 0.15) is 5.75 Å². The minimum atomic E-state index is -3.76. The molecule has 0 saturated carbocycles. The van der Waals surface area contributed by atoms with Crippen LogP contribution in [0.15, 0.2) is 66.7 Å². The van der Waals surface area contributed by atoms with Gasteiger partial charge in [-0.25, -0.2) is 0 Å². The molecule has 3 aromatic rings. The van der Waals surface area contributed by atoms with E-state index in [0.717, 1.165) is 16.7 Å². The standard InChI is InChI=1S/C20H14ClO3P/c1-13-6-8-14(9-7-13)20(22)25(23)19-5-3-2-4-16(19)17-12-15(21)10-11-18(17)24-25/h2-12H,1H3. The van der Waals surface area contributed by atoms with Gasteiger partial charge in [-0.1, -0.05) is 59.6 Å². The smallest absolute Gasteiger partial charge is 0.347 e. The zero-order chi connectivity index (χ0) is 17.6. The molecule has 25 heavy (non-hydrogen) atoms. The lowest BCUT2D eigenvalue weighted by Gasteiger charge is -2.27. The number of halogens is 1. The Kier molecular flexibility index (Phi) is 3.79. The third-order valence-electron chi connectivity index (χ3n) is 4.25. The maximum Gasteiger partial charge on any atom is 0.347 e. The van der Waals surface area contributed by atoms with E-state index in [0.29, 0.717) is 21.6 Å². The van der Waals surface area contributed by atoms with Crippen molar-refractivity contribution < 1.29 is 13.9 Å². The molecule has 0 amide bonds. The van der Waals surface area contributed by atoms with Crippen LogP contribution in [0.3, 0.4) is 0 Å². The van der Waals surface area contributed by atoms with Crippen molar-refractivity contribution in [2.24, 2.45) is 0 Å². The van der Waals surface area contributed by atoms with E-state index in [1.54, 1.807) is 42.5 Å². The van der Waals surface area contributed by atoms with Crippen LogP contribution in [0.4, 0.5) is 0 Å². The molecule has 1 atom stereocenters. The van der Waals surface area contributed by atoms with Gasteiger partial charge >= 0.3 is 7.37 Å². The lowest BCUT2D eigenvalue weighted by atomic mass is 10.0. The van der Waals surface area contributed by atoms with Gasteiger partial charge in [-0.15, -0.1) is 0 Å². The van der Waals surface area contributed by atoms with E-state index in [9.17, 15) is 9.36 Å². The predicted molar refractivity (Wildman–Crippen MR) is 100 cm³/mol. The number of fused-ring (bicyclic) bond motifs is 3. The fourth-order valence-corrected chi connectivity index (χ4v) is 5.25. The summed E-state index contributed by atoms with van der Waals surface area (Å²) in [6.07, 6.45) is 0. The van der Waals surface area contributed by atoms with Crippen LogP contribution in [-0.2, 0) is 4.57 Å². The fourth-order valence-electron chi connectivity index (χ4n) is 2.96. The number of carbonyl (C=O) groups is 1. The predicted octanol–water partition coefficient (Wildman–Crippen LogP) is 5.45. The monoisotopic (exact) mass is 368 g/mol. The van der Waals surface area contributed by atoms with E-state index in [2.05, 4.69) is 0 Å². The van der Waals surface area contributed by atoms with E-state index in [1.165, 1.54) is 0 Å². The first-order chi connectivity index (χ1) is 12.0. The van der Waals surface area contributed by atoms with Crippen molar-refractivity contribution in [1.82, 2.24) is 0 Å². The molecule has 0 spiro atoms. The van der Waals surface area contributed by atoms with Gasteiger partial charge in [0.25, 0.3) is 5.52 Å². The Morgan fingerprint density at radius 3 is 2.44 bits per heavy atom. The molecule has 0 fully saturated rings. The summed E-state index contributed by atoms with van der Waals surface area (Å²) < 4.78 is 19.5.